The number of hydrogen-bond donors (Lipinski definition) is 0. The van der Waals surface area contributed by atoms with E-state index in [0.29, 0.717) is 5.41 Å². The summed E-state index contributed by atoms with van der Waals surface area (Å²) < 4.78 is 8.29. The first kappa shape index (κ1) is 17.0. The van der Waals surface area contributed by atoms with Crippen molar-refractivity contribution in [1.82, 2.24) is 14.6 Å². The van der Waals surface area contributed by atoms with Crippen LogP contribution in [-0.2, 0) is 12.8 Å². The second kappa shape index (κ2) is 6.23. The first-order valence-electron chi connectivity index (χ1n) is 9.49. The van der Waals surface area contributed by atoms with Gasteiger partial charge in [0.2, 0.25) is 0 Å². The number of methoxy groups -OCH3 is 1. The van der Waals surface area contributed by atoms with Gasteiger partial charge in [-0.3, -0.25) is 0 Å². The van der Waals surface area contributed by atoms with Gasteiger partial charge in [-0.05, 0) is 83.3 Å². The molecule has 0 N–H and O–H groups in total. The van der Waals surface area contributed by atoms with Gasteiger partial charge in [-0.1, -0.05) is 6.07 Å². The summed E-state index contributed by atoms with van der Waals surface area (Å²) in [5.74, 6) is 2.03. The number of benzene rings is 1. The zero-order chi connectivity index (χ0) is 18.6. The highest BCUT2D eigenvalue weighted by molar-refractivity contribution is 9.10. The lowest BCUT2D eigenvalue weighted by Gasteiger charge is -2.40. The van der Waals surface area contributed by atoms with Crippen LogP contribution in [0.4, 0.5) is 5.82 Å². The number of fused-ring (bicyclic) bond motifs is 2. The third kappa shape index (κ3) is 2.73. The number of halogens is 1. The molecule has 5 rings (SSSR count). The minimum atomic E-state index is 0.395. The van der Waals surface area contributed by atoms with Gasteiger partial charge in [0, 0.05) is 13.1 Å². The molecule has 1 aliphatic carbocycles. The molecule has 1 spiro atoms. The van der Waals surface area contributed by atoms with Crippen molar-refractivity contribution in [2.45, 2.75) is 32.6 Å². The average Bonchev–Trinajstić information content (AvgIpc) is 3.29. The monoisotopic (exact) mass is 426 g/mol. The Hall–Kier alpha value is -2.08. The second-order valence-electron chi connectivity index (χ2n) is 7.92. The van der Waals surface area contributed by atoms with E-state index in [1.165, 1.54) is 36.8 Å². The Morgan fingerprint density at radius 2 is 1.89 bits per heavy atom. The predicted octanol–water partition coefficient (Wildman–Crippen LogP) is 4.19. The maximum Gasteiger partial charge on any atom is 0.155 e. The number of anilines is 1. The van der Waals surface area contributed by atoms with Crippen LogP contribution in [0.3, 0.4) is 0 Å². The fraction of sp³-hybridized carbons (Fsp3) is 0.429. The molecule has 6 heteroatoms. The first-order chi connectivity index (χ1) is 13.1. The Bertz CT molecular complexity index is 1020. The lowest BCUT2D eigenvalue weighted by atomic mass is 9.76. The first-order valence-corrected chi connectivity index (χ1v) is 10.3. The third-order valence-electron chi connectivity index (χ3n) is 6.30. The molecule has 0 atom stereocenters. The van der Waals surface area contributed by atoms with Crippen LogP contribution < -0.4 is 9.64 Å². The van der Waals surface area contributed by atoms with Crippen molar-refractivity contribution in [2.75, 3.05) is 25.1 Å². The highest BCUT2D eigenvalue weighted by Crippen LogP contribution is 2.46. The van der Waals surface area contributed by atoms with Gasteiger partial charge in [-0.15, -0.1) is 0 Å². The fourth-order valence-electron chi connectivity index (χ4n) is 4.76. The summed E-state index contributed by atoms with van der Waals surface area (Å²) in [6.45, 7) is 4.11. The van der Waals surface area contributed by atoms with Crippen molar-refractivity contribution in [3.05, 3.63) is 51.9 Å². The van der Waals surface area contributed by atoms with Crippen molar-refractivity contribution in [3.63, 3.8) is 0 Å². The molecular formula is C21H23BrN4O. The van der Waals surface area contributed by atoms with Gasteiger partial charge >= 0.3 is 0 Å². The maximum atomic E-state index is 5.42. The molecule has 1 aromatic carbocycles. The summed E-state index contributed by atoms with van der Waals surface area (Å²) in [7, 11) is 1.75. The Balaban J connectivity index is 1.39. The highest BCUT2D eigenvalue weighted by Gasteiger charge is 2.40. The molecule has 0 unspecified atom stereocenters. The number of aryl methyl sites for hydroxylation is 1. The number of rotatable bonds is 2. The van der Waals surface area contributed by atoms with Crippen molar-refractivity contribution in [2.24, 2.45) is 5.41 Å². The topological polar surface area (TPSA) is 42.7 Å². The quantitative estimate of drug-likeness (QED) is 0.615. The van der Waals surface area contributed by atoms with Crippen LogP contribution in [0, 0.1) is 12.3 Å². The lowest BCUT2D eigenvalue weighted by Crippen LogP contribution is -2.41. The number of nitrogens with zero attached hydrogens (tertiary/aromatic N) is 4. The molecule has 1 saturated heterocycles. The van der Waals surface area contributed by atoms with Gasteiger partial charge in [0.1, 0.15) is 15.9 Å². The molecular weight excluding hydrogens is 404 g/mol. The molecule has 0 saturated carbocycles. The summed E-state index contributed by atoms with van der Waals surface area (Å²) in [5, 5.41) is 4.44. The Morgan fingerprint density at radius 1 is 1.11 bits per heavy atom. The van der Waals surface area contributed by atoms with E-state index in [9.17, 15) is 0 Å². The van der Waals surface area contributed by atoms with Gasteiger partial charge in [0.05, 0.1) is 19.0 Å². The van der Waals surface area contributed by atoms with Gasteiger partial charge in [0.25, 0.3) is 0 Å². The van der Waals surface area contributed by atoms with Crippen LogP contribution in [0.1, 0.15) is 29.7 Å². The van der Waals surface area contributed by atoms with Crippen molar-refractivity contribution < 1.29 is 4.74 Å². The SMILES string of the molecule is COc1ccc2c(c1)CC1(CCN(c3nc(C)c(Br)n4nccc34)CC1)C2. The molecule has 0 bridgehead atoms. The number of hydrogen-bond acceptors (Lipinski definition) is 4. The lowest BCUT2D eigenvalue weighted by molar-refractivity contribution is 0.232. The van der Waals surface area contributed by atoms with E-state index in [-0.39, 0.29) is 0 Å². The van der Waals surface area contributed by atoms with E-state index in [1.807, 2.05) is 17.6 Å². The summed E-state index contributed by atoms with van der Waals surface area (Å²) in [4.78, 5) is 7.31. The Labute approximate surface area is 167 Å². The summed E-state index contributed by atoms with van der Waals surface area (Å²) in [5.41, 5.74) is 5.41. The molecule has 3 heterocycles. The molecule has 1 aliphatic heterocycles. The van der Waals surface area contributed by atoms with E-state index in [1.54, 1.807) is 7.11 Å². The number of piperidine rings is 1. The number of aromatic nitrogens is 3. The van der Waals surface area contributed by atoms with E-state index in [0.717, 1.165) is 40.5 Å². The van der Waals surface area contributed by atoms with Gasteiger partial charge < -0.3 is 9.64 Å². The molecule has 2 aromatic heterocycles. The number of ether oxygens (including phenoxy) is 1. The predicted molar refractivity (Wildman–Crippen MR) is 110 cm³/mol. The third-order valence-corrected chi connectivity index (χ3v) is 7.21. The molecule has 140 valence electrons. The van der Waals surface area contributed by atoms with E-state index < -0.39 is 0 Å². The standard InChI is InChI=1S/C21H23BrN4O/c1-14-19(22)26-18(5-8-23-26)20(24-14)25-9-6-21(7-10-25)12-15-3-4-17(27-2)11-16(15)13-21/h3-5,8,11H,6-7,9-10,12-13H2,1-2H3. The molecule has 2 aliphatic rings. The minimum Gasteiger partial charge on any atom is -0.497 e. The maximum absolute atomic E-state index is 5.42. The van der Waals surface area contributed by atoms with Crippen molar-refractivity contribution >= 4 is 27.3 Å². The van der Waals surface area contributed by atoms with Crippen molar-refractivity contribution in [3.8, 4) is 5.75 Å². The fourth-order valence-corrected chi connectivity index (χ4v) is 5.13. The summed E-state index contributed by atoms with van der Waals surface area (Å²) in [6, 6.07) is 8.63. The smallest absolute Gasteiger partial charge is 0.155 e. The summed E-state index contributed by atoms with van der Waals surface area (Å²) in [6.07, 6.45) is 6.59. The molecule has 27 heavy (non-hydrogen) atoms. The van der Waals surface area contributed by atoms with Gasteiger partial charge in [-0.25, -0.2) is 9.50 Å². The molecule has 0 amide bonds. The van der Waals surface area contributed by atoms with Crippen LogP contribution in [-0.4, -0.2) is 34.8 Å². The van der Waals surface area contributed by atoms with Crippen LogP contribution in [0.5, 0.6) is 5.75 Å². The zero-order valence-corrected chi connectivity index (χ0v) is 17.3. The van der Waals surface area contributed by atoms with Crippen LogP contribution >= 0.6 is 15.9 Å². The molecule has 3 aromatic rings. The van der Waals surface area contributed by atoms with E-state index >= 15 is 0 Å². The van der Waals surface area contributed by atoms with E-state index in [2.05, 4.69) is 50.2 Å². The summed E-state index contributed by atoms with van der Waals surface area (Å²) >= 11 is 3.60. The molecule has 1 fully saturated rings. The Kier molecular flexibility index (Phi) is 3.93. The Morgan fingerprint density at radius 3 is 2.67 bits per heavy atom. The average molecular weight is 427 g/mol. The highest BCUT2D eigenvalue weighted by atomic mass is 79.9. The minimum absolute atomic E-state index is 0.395. The van der Waals surface area contributed by atoms with Crippen LogP contribution in [0.15, 0.2) is 35.1 Å². The zero-order valence-electron chi connectivity index (χ0n) is 15.7. The van der Waals surface area contributed by atoms with Crippen LogP contribution in [0.25, 0.3) is 5.52 Å². The van der Waals surface area contributed by atoms with Crippen molar-refractivity contribution in [1.29, 1.82) is 0 Å². The molecule has 0 radical (unpaired) electrons. The second-order valence-corrected chi connectivity index (χ2v) is 8.67. The normalized spacial score (nSPS) is 18.3. The largest absolute Gasteiger partial charge is 0.497 e. The van der Waals surface area contributed by atoms with Gasteiger partial charge in [-0.2, -0.15) is 5.10 Å². The van der Waals surface area contributed by atoms with Gasteiger partial charge in [0.15, 0.2) is 5.82 Å². The van der Waals surface area contributed by atoms with Crippen LogP contribution in [0.2, 0.25) is 0 Å². The molecule has 5 nitrogen and oxygen atoms in total. The van der Waals surface area contributed by atoms with E-state index in [4.69, 9.17) is 9.72 Å².